The maximum absolute atomic E-state index is 11.5. The molecule has 0 aliphatic rings. The second-order valence-electron chi connectivity index (χ2n) is 3.85. The van der Waals surface area contributed by atoms with E-state index in [1.54, 1.807) is 0 Å². The number of carbonyl (C=O) groups excluding carboxylic acids is 2. The summed E-state index contributed by atoms with van der Waals surface area (Å²) in [6.45, 7) is 0. The van der Waals surface area contributed by atoms with E-state index in [0.717, 1.165) is 6.07 Å². The van der Waals surface area contributed by atoms with Crippen molar-refractivity contribution in [2.45, 2.75) is 6.42 Å². The third kappa shape index (κ3) is 5.19. The molecule has 0 aromatic heterocycles. The number of thioether (sulfide) groups is 1. The van der Waals surface area contributed by atoms with E-state index < -0.39 is 17.6 Å². The molecule has 0 heterocycles. The molecule has 8 heteroatoms. The van der Waals surface area contributed by atoms with E-state index in [4.69, 9.17) is 10.8 Å². The van der Waals surface area contributed by atoms with Gasteiger partial charge in [0.25, 0.3) is 0 Å². The van der Waals surface area contributed by atoms with Gasteiger partial charge < -0.3 is 21.3 Å². The van der Waals surface area contributed by atoms with Crippen LogP contribution in [0.2, 0.25) is 0 Å². The van der Waals surface area contributed by atoms with Crippen LogP contribution in [0.4, 0.5) is 5.69 Å². The molecule has 0 bridgehead atoms. The number of carboxylic acid groups (broad SMARTS) is 1. The largest absolute Gasteiger partial charge is 0.507 e. The van der Waals surface area contributed by atoms with Crippen LogP contribution in [0.5, 0.6) is 5.75 Å². The van der Waals surface area contributed by atoms with Crippen LogP contribution in [0.15, 0.2) is 18.2 Å². The van der Waals surface area contributed by atoms with E-state index in [1.807, 2.05) is 0 Å². The summed E-state index contributed by atoms with van der Waals surface area (Å²) in [5, 5.41) is 20.7. The zero-order chi connectivity index (χ0) is 15.1. The van der Waals surface area contributed by atoms with Crippen molar-refractivity contribution < 1.29 is 24.6 Å². The topological polar surface area (TPSA) is 130 Å². The molecule has 0 unspecified atom stereocenters. The van der Waals surface area contributed by atoms with Crippen LogP contribution < -0.4 is 11.1 Å². The first-order chi connectivity index (χ1) is 9.40. The van der Waals surface area contributed by atoms with E-state index >= 15 is 0 Å². The Morgan fingerprint density at radius 2 is 2.00 bits per heavy atom. The predicted octanol–water partition coefficient (Wildman–Crippen LogP) is 0.637. The van der Waals surface area contributed by atoms with E-state index in [9.17, 15) is 19.5 Å². The second-order valence-corrected chi connectivity index (χ2v) is 4.96. The Balaban J connectivity index is 2.48. The molecule has 0 saturated heterocycles. The van der Waals surface area contributed by atoms with E-state index in [-0.39, 0.29) is 23.6 Å². The van der Waals surface area contributed by atoms with Gasteiger partial charge in [0.05, 0.1) is 5.75 Å². The summed E-state index contributed by atoms with van der Waals surface area (Å²) in [6, 6.07) is 3.75. The molecule has 0 radical (unpaired) electrons. The number of aromatic hydroxyl groups is 1. The normalized spacial score (nSPS) is 10.0. The average molecular weight is 298 g/mol. The number of carbonyl (C=O) groups is 3. The number of aromatic carboxylic acids is 1. The number of hydrogen-bond donors (Lipinski definition) is 4. The molecule has 0 aliphatic carbocycles. The first kappa shape index (κ1) is 15.8. The molecule has 20 heavy (non-hydrogen) atoms. The summed E-state index contributed by atoms with van der Waals surface area (Å²) >= 11 is 1.25. The van der Waals surface area contributed by atoms with Gasteiger partial charge in [0.2, 0.25) is 11.8 Å². The highest BCUT2D eigenvalue weighted by Crippen LogP contribution is 2.22. The summed E-state index contributed by atoms with van der Waals surface area (Å²) in [5.74, 6) is -1.81. The minimum atomic E-state index is -1.25. The maximum atomic E-state index is 11.5. The van der Waals surface area contributed by atoms with Crippen LogP contribution in [0.3, 0.4) is 0 Å². The van der Waals surface area contributed by atoms with Crippen LogP contribution >= 0.6 is 11.8 Å². The number of carboxylic acids is 1. The van der Waals surface area contributed by atoms with Gasteiger partial charge in [0.1, 0.15) is 11.3 Å². The van der Waals surface area contributed by atoms with Gasteiger partial charge in [0.15, 0.2) is 0 Å². The summed E-state index contributed by atoms with van der Waals surface area (Å²) in [6.07, 6.45) is 0.180. The first-order valence-electron chi connectivity index (χ1n) is 5.62. The van der Waals surface area contributed by atoms with Crippen molar-refractivity contribution in [2.75, 3.05) is 16.8 Å². The lowest BCUT2D eigenvalue weighted by Gasteiger charge is -2.06. The number of anilines is 1. The van der Waals surface area contributed by atoms with Gasteiger partial charge in [-0.2, -0.15) is 11.8 Å². The van der Waals surface area contributed by atoms with Gasteiger partial charge in [-0.25, -0.2) is 4.79 Å². The van der Waals surface area contributed by atoms with Crippen LogP contribution in [-0.4, -0.2) is 39.5 Å². The number of primary amides is 1. The number of amides is 2. The number of phenols is 1. The third-order valence-corrected chi connectivity index (χ3v) is 3.21. The number of benzene rings is 1. The van der Waals surface area contributed by atoms with Gasteiger partial charge in [-0.3, -0.25) is 9.59 Å². The molecule has 7 nitrogen and oxygen atoms in total. The smallest absolute Gasteiger partial charge is 0.339 e. The molecule has 0 saturated carbocycles. The molecule has 2 amide bonds. The highest BCUT2D eigenvalue weighted by molar-refractivity contribution is 7.99. The molecule has 1 aromatic rings. The van der Waals surface area contributed by atoms with Crippen molar-refractivity contribution in [3.63, 3.8) is 0 Å². The highest BCUT2D eigenvalue weighted by atomic mass is 32.2. The Morgan fingerprint density at radius 1 is 1.30 bits per heavy atom. The fourth-order valence-electron chi connectivity index (χ4n) is 1.35. The summed E-state index contributed by atoms with van der Waals surface area (Å²) in [5.41, 5.74) is 5.02. The van der Waals surface area contributed by atoms with Crippen molar-refractivity contribution in [3.8, 4) is 5.75 Å². The Kier molecular flexibility index (Phi) is 5.85. The Bertz CT molecular complexity index is 533. The monoisotopic (exact) mass is 298 g/mol. The molecule has 1 aromatic carbocycles. The van der Waals surface area contributed by atoms with Crippen LogP contribution in [0.1, 0.15) is 16.8 Å². The fraction of sp³-hybridized carbons (Fsp3) is 0.250. The maximum Gasteiger partial charge on any atom is 0.339 e. The zero-order valence-electron chi connectivity index (χ0n) is 10.5. The van der Waals surface area contributed by atoms with Gasteiger partial charge in [-0.05, 0) is 12.1 Å². The molecular formula is C12H14N2O5S. The highest BCUT2D eigenvalue weighted by Gasteiger charge is 2.11. The fourth-order valence-corrected chi connectivity index (χ4v) is 2.03. The Labute approximate surface area is 119 Å². The van der Waals surface area contributed by atoms with E-state index in [0.29, 0.717) is 11.4 Å². The lowest BCUT2D eigenvalue weighted by molar-refractivity contribution is -0.116. The molecule has 5 N–H and O–H groups in total. The van der Waals surface area contributed by atoms with Gasteiger partial charge in [-0.1, -0.05) is 0 Å². The van der Waals surface area contributed by atoms with Crippen molar-refractivity contribution in [2.24, 2.45) is 5.73 Å². The minimum Gasteiger partial charge on any atom is -0.507 e. The lowest BCUT2D eigenvalue weighted by atomic mass is 10.2. The van der Waals surface area contributed by atoms with Gasteiger partial charge >= 0.3 is 5.97 Å². The Hall–Kier alpha value is -2.22. The summed E-state index contributed by atoms with van der Waals surface area (Å²) in [7, 11) is 0. The summed E-state index contributed by atoms with van der Waals surface area (Å²) < 4.78 is 0. The van der Waals surface area contributed by atoms with Gasteiger partial charge in [-0.15, -0.1) is 0 Å². The van der Waals surface area contributed by atoms with E-state index in [1.165, 1.54) is 23.9 Å². The SMILES string of the molecule is NC(=O)CSCCC(=O)Nc1ccc(C(=O)O)c(O)c1. The average Bonchev–Trinajstić information content (AvgIpc) is 2.34. The number of rotatable bonds is 7. The molecule has 108 valence electrons. The number of nitrogens with one attached hydrogen (secondary N) is 1. The van der Waals surface area contributed by atoms with Crippen molar-refractivity contribution in [1.29, 1.82) is 0 Å². The molecule has 0 fully saturated rings. The first-order valence-corrected chi connectivity index (χ1v) is 6.78. The predicted molar refractivity (Wildman–Crippen MR) is 74.8 cm³/mol. The molecule has 0 atom stereocenters. The van der Waals surface area contributed by atoms with Gasteiger partial charge in [0, 0.05) is 23.9 Å². The van der Waals surface area contributed by atoms with Crippen LogP contribution in [0.25, 0.3) is 0 Å². The molecular weight excluding hydrogens is 284 g/mol. The number of hydrogen-bond acceptors (Lipinski definition) is 5. The lowest BCUT2D eigenvalue weighted by Crippen LogP contribution is -2.15. The number of nitrogens with two attached hydrogens (primary N) is 1. The van der Waals surface area contributed by atoms with Crippen molar-refractivity contribution >= 4 is 35.2 Å². The third-order valence-electron chi connectivity index (χ3n) is 2.23. The summed E-state index contributed by atoms with van der Waals surface area (Å²) in [4.78, 5) is 32.7. The molecule has 1 rings (SSSR count). The molecule has 0 spiro atoms. The van der Waals surface area contributed by atoms with Crippen LogP contribution in [0, 0.1) is 0 Å². The Morgan fingerprint density at radius 3 is 2.55 bits per heavy atom. The van der Waals surface area contributed by atoms with Crippen molar-refractivity contribution in [3.05, 3.63) is 23.8 Å². The standard InChI is InChI=1S/C12H14N2O5S/c13-10(16)6-20-4-3-11(17)14-7-1-2-8(12(18)19)9(15)5-7/h1-2,5,15H,3-4,6H2,(H2,13,16)(H,14,17)(H,18,19). The second kappa shape index (κ2) is 7.39. The zero-order valence-corrected chi connectivity index (χ0v) is 11.3. The minimum absolute atomic E-state index is 0.154. The van der Waals surface area contributed by atoms with Crippen molar-refractivity contribution in [1.82, 2.24) is 0 Å². The molecule has 0 aliphatic heterocycles. The van der Waals surface area contributed by atoms with Crippen LogP contribution in [-0.2, 0) is 9.59 Å². The van der Waals surface area contributed by atoms with E-state index in [2.05, 4.69) is 5.32 Å². The quantitative estimate of drug-likeness (QED) is 0.546.